The zero-order valence-corrected chi connectivity index (χ0v) is 18.8. The van der Waals surface area contributed by atoms with Crippen molar-refractivity contribution < 1.29 is 9.59 Å². The summed E-state index contributed by atoms with van der Waals surface area (Å²) in [7, 11) is 0. The number of fused-ring (bicyclic) bond motifs is 1. The van der Waals surface area contributed by atoms with Gasteiger partial charge in [-0.3, -0.25) is 9.59 Å². The van der Waals surface area contributed by atoms with Crippen molar-refractivity contribution in [2.75, 3.05) is 26.2 Å². The van der Waals surface area contributed by atoms with E-state index in [0.29, 0.717) is 31.9 Å². The topological polar surface area (TPSA) is 76.4 Å². The van der Waals surface area contributed by atoms with Crippen LogP contribution in [0.1, 0.15) is 26.7 Å². The number of carbonyl (C=O) groups is 2. The second kappa shape index (κ2) is 8.61. The number of carbonyl (C=O) groups excluding carboxylic acids is 2. The Labute approximate surface area is 194 Å². The van der Waals surface area contributed by atoms with Gasteiger partial charge in [-0.05, 0) is 34.5 Å². The van der Waals surface area contributed by atoms with E-state index < -0.39 is 5.92 Å². The van der Waals surface area contributed by atoms with E-state index in [2.05, 4.69) is 16.3 Å². The lowest BCUT2D eigenvalue weighted by atomic mass is 9.80. The molecule has 160 valence electrons. The van der Waals surface area contributed by atoms with Crippen molar-refractivity contribution in [3.63, 3.8) is 0 Å². The van der Waals surface area contributed by atoms with Crippen LogP contribution in [0.15, 0.2) is 70.0 Å². The number of thiophene rings is 2. The zero-order chi connectivity index (χ0) is 22.1. The number of allylic oxidation sites excluding steroid dienone is 6. The number of nitrogens with one attached hydrogen (secondary N) is 1. The SMILES string of the molecule is N#CC1=C(N2CCN(C(=O)c3cccs3)CC2)c2cscc2C(C2=CC=CC=CN2)C1=O. The number of rotatable bonds is 3. The monoisotopic (exact) mass is 460 g/mol. The molecule has 5 rings (SSSR count). The van der Waals surface area contributed by atoms with Crippen molar-refractivity contribution in [1.82, 2.24) is 15.1 Å². The molecule has 1 saturated heterocycles. The zero-order valence-electron chi connectivity index (χ0n) is 17.2. The van der Waals surface area contributed by atoms with Crippen molar-refractivity contribution in [2.45, 2.75) is 5.92 Å². The second-order valence-corrected chi connectivity index (χ2v) is 9.33. The van der Waals surface area contributed by atoms with E-state index >= 15 is 0 Å². The third-order valence-electron chi connectivity index (χ3n) is 5.89. The molecular weight excluding hydrogens is 440 g/mol. The molecule has 1 N–H and O–H groups in total. The van der Waals surface area contributed by atoms with Crippen LogP contribution in [-0.4, -0.2) is 47.7 Å². The number of hydrogen-bond donors (Lipinski definition) is 1. The van der Waals surface area contributed by atoms with Gasteiger partial charge in [0.15, 0.2) is 5.78 Å². The van der Waals surface area contributed by atoms with Gasteiger partial charge < -0.3 is 15.1 Å². The molecule has 0 saturated carbocycles. The fraction of sp³-hybridized carbons (Fsp3) is 0.208. The molecule has 2 aromatic rings. The van der Waals surface area contributed by atoms with Crippen LogP contribution in [0.3, 0.4) is 0 Å². The minimum atomic E-state index is -0.524. The molecule has 32 heavy (non-hydrogen) atoms. The Morgan fingerprint density at radius 1 is 1.16 bits per heavy atom. The summed E-state index contributed by atoms with van der Waals surface area (Å²) < 4.78 is 0. The first kappa shape index (κ1) is 20.5. The number of piperazine rings is 1. The molecule has 1 fully saturated rings. The maximum Gasteiger partial charge on any atom is 0.264 e. The molecule has 2 aliphatic heterocycles. The minimum absolute atomic E-state index is 0.0395. The maximum absolute atomic E-state index is 13.5. The van der Waals surface area contributed by atoms with Crippen molar-refractivity contribution in [1.29, 1.82) is 5.26 Å². The lowest BCUT2D eigenvalue weighted by Crippen LogP contribution is -2.48. The van der Waals surface area contributed by atoms with Crippen LogP contribution in [-0.2, 0) is 4.79 Å². The van der Waals surface area contributed by atoms with Gasteiger partial charge in [-0.1, -0.05) is 18.2 Å². The quantitative estimate of drug-likeness (QED) is 0.755. The second-order valence-electron chi connectivity index (χ2n) is 7.64. The van der Waals surface area contributed by atoms with Crippen LogP contribution in [0.2, 0.25) is 0 Å². The van der Waals surface area contributed by atoms with Crippen LogP contribution in [0.25, 0.3) is 5.70 Å². The van der Waals surface area contributed by atoms with Crippen LogP contribution < -0.4 is 5.32 Å². The van der Waals surface area contributed by atoms with E-state index in [1.54, 1.807) is 6.20 Å². The highest BCUT2D eigenvalue weighted by atomic mass is 32.1. The molecule has 0 radical (unpaired) electrons. The molecule has 1 aliphatic carbocycles. The van der Waals surface area contributed by atoms with Crippen LogP contribution in [0.4, 0.5) is 0 Å². The largest absolute Gasteiger partial charge is 0.366 e. The van der Waals surface area contributed by atoms with E-state index in [1.807, 2.05) is 57.5 Å². The fourth-order valence-corrected chi connectivity index (χ4v) is 5.90. The summed E-state index contributed by atoms with van der Waals surface area (Å²) >= 11 is 2.98. The van der Waals surface area contributed by atoms with E-state index in [9.17, 15) is 14.9 Å². The average Bonchev–Trinajstić information content (AvgIpc) is 3.46. The third kappa shape index (κ3) is 3.49. The highest BCUT2D eigenvalue weighted by Gasteiger charge is 2.39. The highest BCUT2D eigenvalue weighted by Crippen LogP contribution is 2.43. The van der Waals surface area contributed by atoms with Gasteiger partial charge in [-0.15, -0.1) is 11.3 Å². The third-order valence-corrected chi connectivity index (χ3v) is 7.51. The molecule has 3 aliphatic rings. The summed E-state index contributed by atoms with van der Waals surface area (Å²) in [5.74, 6) is -0.672. The van der Waals surface area contributed by atoms with Gasteiger partial charge in [0.1, 0.15) is 11.6 Å². The summed E-state index contributed by atoms with van der Waals surface area (Å²) in [6.07, 6.45) is 9.34. The number of ketones is 1. The van der Waals surface area contributed by atoms with Crippen LogP contribution in [0.5, 0.6) is 0 Å². The first-order valence-electron chi connectivity index (χ1n) is 10.3. The van der Waals surface area contributed by atoms with Crippen LogP contribution in [0, 0.1) is 11.3 Å². The molecule has 2 aromatic heterocycles. The molecule has 0 spiro atoms. The van der Waals surface area contributed by atoms with Crippen LogP contribution >= 0.6 is 22.7 Å². The molecule has 0 bridgehead atoms. The summed E-state index contributed by atoms with van der Waals surface area (Å²) in [5, 5.41) is 19.1. The summed E-state index contributed by atoms with van der Waals surface area (Å²) in [6, 6.07) is 5.92. The molecule has 1 atom stereocenters. The Morgan fingerprint density at radius 3 is 2.75 bits per heavy atom. The van der Waals surface area contributed by atoms with Gasteiger partial charge in [0, 0.05) is 49.0 Å². The highest BCUT2D eigenvalue weighted by molar-refractivity contribution is 7.12. The lowest BCUT2D eigenvalue weighted by molar-refractivity contribution is -0.116. The molecular formula is C24H20N4O2S2. The number of amides is 1. The number of Topliss-reactive ketones (excluding diaryl/α,β-unsaturated/α-hetero) is 1. The molecule has 8 heteroatoms. The Morgan fingerprint density at radius 2 is 2.00 bits per heavy atom. The standard InChI is InChI=1S/C24H20N4O2S2/c25-13-16-22(27-8-10-28(11-9-27)24(30)20-6-4-12-32-20)18-15-31-14-17(18)21(23(16)29)19-5-2-1-3-7-26-19/h1-7,12,14-15,21,26H,8-11H2. The van der Waals surface area contributed by atoms with E-state index in [4.69, 9.17) is 0 Å². The average molecular weight is 461 g/mol. The van der Waals surface area contributed by atoms with Gasteiger partial charge in [0.2, 0.25) is 0 Å². The number of nitrogens with zero attached hydrogens (tertiary/aromatic N) is 3. The maximum atomic E-state index is 13.5. The Bertz CT molecular complexity index is 1220. The predicted molar refractivity (Wildman–Crippen MR) is 126 cm³/mol. The van der Waals surface area contributed by atoms with Gasteiger partial charge in [-0.25, -0.2) is 0 Å². The lowest BCUT2D eigenvalue weighted by Gasteiger charge is -2.39. The molecule has 6 nitrogen and oxygen atoms in total. The molecule has 1 unspecified atom stereocenters. The van der Waals surface area contributed by atoms with E-state index in [0.717, 1.165) is 21.7 Å². The Balaban J connectivity index is 1.44. The van der Waals surface area contributed by atoms with E-state index in [1.165, 1.54) is 22.7 Å². The van der Waals surface area contributed by atoms with Crippen molar-refractivity contribution in [3.05, 3.63) is 86.1 Å². The number of nitriles is 1. The van der Waals surface area contributed by atoms with Crippen molar-refractivity contribution in [2.24, 2.45) is 0 Å². The normalized spacial score (nSPS) is 20.4. The first-order chi connectivity index (χ1) is 15.7. The van der Waals surface area contributed by atoms with E-state index in [-0.39, 0.29) is 17.3 Å². The predicted octanol–water partition coefficient (Wildman–Crippen LogP) is 3.73. The van der Waals surface area contributed by atoms with Crippen molar-refractivity contribution in [3.8, 4) is 6.07 Å². The fourth-order valence-electron chi connectivity index (χ4n) is 4.35. The van der Waals surface area contributed by atoms with Gasteiger partial charge in [0.05, 0.1) is 16.5 Å². The van der Waals surface area contributed by atoms with Gasteiger partial charge >= 0.3 is 0 Å². The summed E-state index contributed by atoms with van der Waals surface area (Å²) in [6.45, 7) is 2.27. The van der Waals surface area contributed by atoms with Gasteiger partial charge in [0.25, 0.3) is 5.91 Å². The molecule has 0 aromatic carbocycles. The molecule has 4 heterocycles. The first-order valence-corrected chi connectivity index (χ1v) is 12.1. The smallest absolute Gasteiger partial charge is 0.264 e. The Hall–Kier alpha value is -3.41. The minimum Gasteiger partial charge on any atom is -0.366 e. The Kier molecular flexibility index (Phi) is 5.52. The van der Waals surface area contributed by atoms with Gasteiger partial charge in [-0.2, -0.15) is 16.6 Å². The summed E-state index contributed by atoms with van der Waals surface area (Å²) in [4.78, 5) is 30.9. The van der Waals surface area contributed by atoms with Crippen molar-refractivity contribution >= 4 is 40.1 Å². The molecule has 1 amide bonds. The summed E-state index contributed by atoms with van der Waals surface area (Å²) in [5.41, 5.74) is 3.52. The number of hydrogen-bond acceptors (Lipinski definition) is 7.